The number of carbonyl (C=O) groups is 1. The van der Waals surface area contributed by atoms with Crippen LogP contribution in [0.3, 0.4) is 0 Å². The molecule has 2 aliphatic heterocycles. The molecule has 2 aromatic carbocycles. The molecule has 2 aliphatic rings. The van der Waals surface area contributed by atoms with Crippen LogP contribution in [-0.2, 0) is 21.7 Å². The van der Waals surface area contributed by atoms with E-state index in [1.807, 2.05) is 24.3 Å². The van der Waals surface area contributed by atoms with Gasteiger partial charge in [-0.2, -0.15) is 0 Å². The minimum atomic E-state index is -0.792. The number of hydrogen-bond donors (Lipinski definition) is 2. The zero-order chi connectivity index (χ0) is 22.1. The third-order valence-corrected chi connectivity index (χ3v) is 6.31. The van der Waals surface area contributed by atoms with Gasteiger partial charge in [-0.15, -0.1) is 0 Å². The van der Waals surface area contributed by atoms with Gasteiger partial charge >= 0.3 is 0 Å². The van der Waals surface area contributed by atoms with Crippen molar-refractivity contribution in [1.82, 2.24) is 10.3 Å². The van der Waals surface area contributed by atoms with Crippen LogP contribution in [0.15, 0.2) is 66.9 Å². The molecule has 164 valence electrons. The summed E-state index contributed by atoms with van der Waals surface area (Å²) >= 11 is 0. The van der Waals surface area contributed by atoms with E-state index in [4.69, 9.17) is 10.5 Å². The van der Waals surface area contributed by atoms with E-state index in [1.165, 1.54) is 11.0 Å². The largest absolute Gasteiger partial charge is 0.399 e. The fourth-order valence-corrected chi connectivity index (χ4v) is 4.69. The van der Waals surface area contributed by atoms with Crippen molar-refractivity contribution in [3.8, 4) is 0 Å². The van der Waals surface area contributed by atoms with Crippen LogP contribution in [0.4, 0.5) is 15.9 Å². The van der Waals surface area contributed by atoms with Crippen LogP contribution in [0.5, 0.6) is 0 Å². The third kappa shape index (κ3) is 3.63. The number of benzene rings is 2. The summed E-state index contributed by atoms with van der Waals surface area (Å²) in [6.45, 7) is 1.68. The zero-order valence-electron chi connectivity index (χ0n) is 17.6. The summed E-state index contributed by atoms with van der Waals surface area (Å²) in [5, 5.41) is 3.36. The monoisotopic (exact) mass is 432 g/mol. The number of nitrogen functional groups attached to an aromatic ring is 1. The van der Waals surface area contributed by atoms with Crippen LogP contribution in [0.1, 0.15) is 35.6 Å². The van der Waals surface area contributed by atoms with E-state index < -0.39 is 11.7 Å². The number of rotatable bonds is 4. The maximum atomic E-state index is 14.5. The number of halogens is 1. The van der Waals surface area contributed by atoms with Gasteiger partial charge in [-0.3, -0.25) is 9.69 Å². The predicted octanol–water partition coefficient (Wildman–Crippen LogP) is 3.69. The molecule has 0 aliphatic carbocycles. The van der Waals surface area contributed by atoms with Crippen molar-refractivity contribution in [2.75, 3.05) is 23.7 Å². The van der Waals surface area contributed by atoms with E-state index in [2.05, 4.69) is 10.3 Å². The van der Waals surface area contributed by atoms with E-state index in [0.29, 0.717) is 17.1 Å². The van der Waals surface area contributed by atoms with Crippen molar-refractivity contribution in [3.05, 3.63) is 89.4 Å². The molecule has 32 heavy (non-hydrogen) atoms. The molecule has 1 amide bonds. The molecule has 1 atom stereocenters. The van der Waals surface area contributed by atoms with Crippen LogP contribution in [0.25, 0.3) is 0 Å². The van der Waals surface area contributed by atoms with Crippen LogP contribution in [0.2, 0.25) is 0 Å². The highest BCUT2D eigenvalue weighted by molar-refractivity contribution is 5.97. The Bertz CT molecular complexity index is 1150. The fraction of sp³-hybridized carbons (Fsp3) is 0.280. The molecule has 3 aromatic rings. The number of pyridine rings is 1. The molecule has 0 saturated carbocycles. The van der Waals surface area contributed by atoms with Gasteiger partial charge in [0.15, 0.2) is 6.10 Å². The second-order valence-electron chi connectivity index (χ2n) is 8.29. The number of ether oxygens (including phenoxy) is 1. The van der Waals surface area contributed by atoms with Crippen molar-refractivity contribution >= 4 is 17.4 Å². The lowest BCUT2D eigenvalue weighted by molar-refractivity contribution is -0.145. The fourth-order valence-electron chi connectivity index (χ4n) is 4.69. The lowest BCUT2D eigenvalue weighted by atomic mass is 9.84. The minimum Gasteiger partial charge on any atom is -0.399 e. The van der Waals surface area contributed by atoms with Crippen molar-refractivity contribution in [3.63, 3.8) is 0 Å². The number of piperidine rings is 1. The predicted molar refractivity (Wildman–Crippen MR) is 120 cm³/mol. The van der Waals surface area contributed by atoms with Gasteiger partial charge in [-0.25, -0.2) is 9.37 Å². The molecule has 7 heteroatoms. The number of amides is 1. The van der Waals surface area contributed by atoms with Crippen molar-refractivity contribution in [2.24, 2.45) is 0 Å². The summed E-state index contributed by atoms with van der Waals surface area (Å²) in [5.74, 6) is -0.295. The number of nitrogens with two attached hydrogens (primary N) is 1. The van der Waals surface area contributed by atoms with E-state index >= 15 is 0 Å². The van der Waals surface area contributed by atoms with E-state index in [-0.39, 0.29) is 18.3 Å². The molecule has 6 nitrogen and oxygen atoms in total. The Hall–Kier alpha value is -3.29. The highest BCUT2D eigenvalue weighted by Crippen LogP contribution is 2.49. The number of hydrogen-bond acceptors (Lipinski definition) is 5. The van der Waals surface area contributed by atoms with Gasteiger partial charge < -0.3 is 15.8 Å². The lowest BCUT2D eigenvalue weighted by Gasteiger charge is -2.35. The van der Waals surface area contributed by atoms with Gasteiger partial charge in [0, 0.05) is 23.5 Å². The Morgan fingerprint density at radius 2 is 1.91 bits per heavy atom. The topological polar surface area (TPSA) is 80.5 Å². The summed E-state index contributed by atoms with van der Waals surface area (Å²) in [5.41, 5.74) is 8.28. The Balaban J connectivity index is 1.55. The minimum absolute atomic E-state index is 0.0263. The number of aromatic nitrogens is 1. The molecule has 3 N–H and O–H groups in total. The average Bonchev–Trinajstić information content (AvgIpc) is 3.12. The van der Waals surface area contributed by atoms with Crippen LogP contribution in [0, 0.1) is 5.82 Å². The number of carbonyl (C=O) groups excluding carboxylic acids is 1. The quantitative estimate of drug-likeness (QED) is 0.657. The Morgan fingerprint density at radius 3 is 2.69 bits per heavy atom. The molecule has 5 rings (SSSR count). The van der Waals surface area contributed by atoms with Gasteiger partial charge in [-0.05, 0) is 49.2 Å². The number of anilines is 2. The van der Waals surface area contributed by atoms with Crippen LogP contribution < -0.4 is 16.0 Å². The van der Waals surface area contributed by atoms with Gasteiger partial charge in [-0.1, -0.05) is 42.5 Å². The summed E-state index contributed by atoms with van der Waals surface area (Å²) in [4.78, 5) is 19.8. The second kappa shape index (κ2) is 8.33. The first-order valence-corrected chi connectivity index (χ1v) is 10.8. The van der Waals surface area contributed by atoms with E-state index in [0.717, 1.165) is 37.1 Å². The first-order valence-electron chi connectivity index (χ1n) is 10.8. The normalized spacial score (nSPS) is 19.0. The number of fused-ring (bicyclic) bond motifs is 2. The summed E-state index contributed by atoms with van der Waals surface area (Å²) in [6.07, 6.45) is 2.33. The Labute approximate surface area is 186 Å². The van der Waals surface area contributed by atoms with Gasteiger partial charge in [0.1, 0.15) is 11.6 Å². The smallest absolute Gasteiger partial charge is 0.262 e. The van der Waals surface area contributed by atoms with Crippen molar-refractivity contribution in [2.45, 2.75) is 31.1 Å². The lowest BCUT2D eigenvalue weighted by Crippen LogP contribution is -2.41. The molecular formula is C25H25FN4O2. The molecule has 1 aromatic heterocycles. The Kier molecular flexibility index (Phi) is 5.36. The molecule has 1 fully saturated rings. The molecule has 1 unspecified atom stereocenters. The highest BCUT2D eigenvalue weighted by Gasteiger charge is 2.48. The second-order valence-corrected chi connectivity index (χ2v) is 8.29. The third-order valence-electron chi connectivity index (χ3n) is 6.31. The van der Waals surface area contributed by atoms with E-state index in [9.17, 15) is 9.18 Å². The summed E-state index contributed by atoms with van der Waals surface area (Å²) in [6, 6.07) is 17.6. The SMILES string of the molecule is Nc1ccnc(N(Cc2ccccc2F)C(=O)C2OC3(CCNCC3)c3ccccc32)c1. The van der Waals surface area contributed by atoms with Crippen molar-refractivity contribution < 1.29 is 13.9 Å². The molecule has 1 spiro atoms. The van der Waals surface area contributed by atoms with Gasteiger partial charge in [0.25, 0.3) is 5.91 Å². The Morgan fingerprint density at radius 1 is 1.16 bits per heavy atom. The van der Waals surface area contributed by atoms with Crippen LogP contribution >= 0.6 is 0 Å². The van der Waals surface area contributed by atoms with Gasteiger partial charge in [0.05, 0.1) is 12.1 Å². The summed E-state index contributed by atoms with van der Waals surface area (Å²) in [7, 11) is 0. The molecule has 1 saturated heterocycles. The molecule has 0 radical (unpaired) electrons. The zero-order valence-corrected chi connectivity index (χ0v) is 17.6. The first kappa shape index (κ1) is 20.6. The highest BCUT2D eigenvalue weighted by atomic mass is 19.1. The average molecular weight is 432 g/mol. The first-order chi connectivity index (χ1) is 15.6. The molecular weight excluding hydrogens is 407 g/mol. The standard InChI is InChI=1S/C25H25FN4O2/c26-21-8-4-1-5-17(21)16-30(22-15-18(27)9-12-29-22)24(31)23-19-6-2-3-7-20(19)25(32-23)10-13-28-14-11-25/h1-9,12,15,23,28H,10-11,13-14,16H2,(H2,27,29). The van der Waals surface area contributed by atoms with Crippen LogP contribution in [-0.4, -0.2) is 24.0 Å². The number of nitrogens with one attached hydrogen (secondary N) is 1. The van der Waals surface area contributed by atoms with Crippen molar-refractivity contribution in [1.29, 1.82) is 0 Å². The molecule has 3 heterocycles. The summed E-state index contributed by atoms with van der Waals surface area (Å²) < 4.78 is 21.0. The van der Waals surface area contributed by atoms with Gasteiger partial charge in [0.2, 0.25) is 0 Å². The molecule has 0 bridgehead atoms. The maximum Gasteiger partial charge on any atom is 0.262 e. The number of nitrogens with zero attached hydrogens (tertiary/aromatic N) is 2. The van der Waals surface area contributed by atoms with E-state index in [1.54, 1.807) is 36.5 Å². The maximum absolute atomic E-state index is 14.5.